The van der Waals surface area contributed by atoms with Crippen LogP contribution in [-0.4, -0.2) is 6.79 Å². The van der Waals surface area contributed by atoms with E-state index in [0.717, 1.165) is 22.8 Å². The Morgan fingerprint density at radius 2 is 1.82 bits per heavy atom. The number of hydrogen-bond donors (Lipinski definition) is 0. The van der Waals surface area contributed by atoms with Crippen molar-refractivity contribution in [3.63, 3.8) is 0 Å². The van der Waals surface area contributed by atoms with Crippen LogP contribution < -0.4 is 14.2 Å². The number of hydrogen-bond acceptors (Lipinski definition) is 3. The Hall–Kier alpha value is -2.42. The zero-order valence-corrected chi connectivity index (χ0v) is 12.7. The standard InChI is InChI=1S/C19H18O3/c1-3-4-13-5-7-16-15(9-13)12(2)19(22-16)14-6-8-17-18(10-14)21-11-20-17/h3-10,12,19H,11H2,1-2H3/t12-,19+/m0/s1. The van der Waals surface area contributed by atoms with Crippen molar-refractivity contribution in [3.05, 3.63) is 59.2 Å². The number of rotatable bonds is 2. The molecule has 2 aromatic carbocycles. The minimum Gasteiger partial charge on any atom is -0.485 e. The monoisotopic (exact) mass is 294 g/mol. The van der Waals surface area contributed by atoms with E-state index in [4.69, 9.17) is 14.2 Å². The lowest BCUT2D eigenvalue weighted by Gasteiger charge is -2.16. The highest BCUT2D eigenvalue weighted by Crippen LogP contribution is 2.47. The SMILES string of the molecule is CC=Cc1ccc2c(c1)[C@H](C)[C@H](c1ccc3c(c1)OCO3)O2. The zero-order chi connectivity index (χ0) is 15.1. The molecule has 0 spiro atoms. The van der Waals surface area contributed by atoms with Gasteiger partial charge in [0.15, 0.2) is 11.5 Å². The van der Waals surface area contributed by atoms with Crippen molar-refractivity contribution in [2.45, 2.75) is 25.9 Å². The average molecular weight is 294 g/mol. The van der Waals surface area contributed by atoms with Crippen LogP contribution in [0.1, 0.15) is 42.6 Å². The van der Waals surface area contributed by atoms with Gasteiger partial charge in [-0.2, -0.15) is 0 Å². The zero-order valence-electron chi connectivity index (χ0n) is 12.7. The first kappa shape index (κ1) is 13.3. The number of allylic oxidation sites excluding steroid dienone is 1. The minimum absolute atomic E-state index is 0.0188. The highest BCUT2D eigenvalue weighted by molar-refractivity contribution is 5.56. The summed E-state index contributed by atoms with van der Waals surface area (Å²) < 4.78 is 17.0. The van der Waals surface area contributed by atoms with E-state index in [9.17, 15) is 0 Å². The third-order valence-electron chi connectivity index (χ3n) is 4.32. The van der Waals surface area contributed by atoms with Gasteiger partial charge in [-0.05, 0) is 42.3 Å². The molecule has 22 heavy (non-hydrogen) atoms. The van der Waals surface area contributed by atoms with Gasteiger partial charge in [0.05, 0.1) is 0 Å². The first-order valence-electron chi connectivity index (χ1n) is 7.59. The molecular weight excluding hydrogens is 276 g/mol. The second-order valence-electron chi connectivity index (χ2n) is 5.74. The molecule has 0 aliphatic carbocycles. The first-order valence-corrected chi connectivity index (χ1v) is 7.59. The average Bonchev–Trinajstić information content (AvgIpc) is 3.12. The van der Waals surface area contributed by atoms with Crippen LogP contribution in [0.5, 0.6) is 17.2 Å². The molecule has 0 radical (unpaired) electrons. The fraction of sp³-hybridized carbons (Fsp3) is 0.263. The Labute approximate surface area is 130 Å². The molecule has 0 saturated heterocycles. The van der Waals surface area contributed by atoms with Crippen LogP contribution in [0.3, 0.4) is 0 Å². The molecule has 0 N–H and O–H groups in total. The summed E-state index contributed by atoms with van der Waals surface area (Å²) in [6.45, 7) is 4.54. The second kappa shape index (κ2) is 5.09. The molecule has 4 rings (SSSR count). The maximum absolute atomic E-state index is 6.18. The molecule has 3 heteroatoms. The molecule has 0 aromatic heterocycles. The Morgan fingerprint density at radius 3 is 2.68 bits per heavy atom. The summed E-state index contributed by atoms with van der Waals surface area (Å²) in [5.41, 5.74) is 3.60. The van der Waals surface area contributed by atoms with Crippen LogP contribution in [0, 0.1) is 0 Å². The van der Waals surface area contributed by atoms with E-state index >= 15 is 0 Å². The summed E-state index contributed by atoms with van der Waals surface area (Å²) in [5.74, 6) is 2.89. The first-order chi connectivity index (χ1) is 10.8. The van der Waals surface area contributed by atoms with Gasteiger partial charge in [-0.3, -0.25) is 0 Å². The largest absolute Gasteiger partial charge is 0.485 e. The summed E-state index contributed by atoms with van der Waals surface area (Å²) >= 11 is 0. The normalized spacial score (nSPS) is 21.9. The minimum atomic E-state index is 0.0188. The summed E-state index contributed by atoms with van der Waals surface area (Å²) in [6, 6.07) is 12.4. The van der Waals surface area contributed by atoms with Crippen molar-refractivity contribution in [2.75, 3.05) is 6.79 Å². The van der Waals surface area contributed by atoms with Gasteiger partial charge < -0.3 is 14.2 Å². The van der Waals surface area contributed by atoms with Crippen molar-refractivity contribution in [2.24, 2.45) is 0 Å². The molecule has 112 valence electrons. The third kappa shape index (κ3) is 2.05. The van der Waals surface area contributed by atoms with E-state index in [0.29, 0.717) is 12.7 Å². The van der Waals surface area contributed by atoms with Crippen molar-refractivity contribution in [3.8, 4) is 17.2 Å². The molecule has 0 amide bonds. The Kier molecular flexibility index (Phi) is 3.07. The lowest BCUT2D eigenvalue weighted by molar-refractivity contribution is 0.173. The van der Waals surface area contributed by atoms with Crippen LogP contribution >= 0.6 is 0 Å². The highest BCUT2D eigenvalue weighted by atomic mass is 16.7. The fourth-order valence-electron chi connectivity index (χ4n) is 3.17. The van der Waals surface area contributed by atoms with Gasteiger partial charge in [-0.25, -0.2) is 0 Å². The van der Waals surface area contributed by atoms with Gasteiger partial charge in [0, 0.05) is 11.5 Å². The number of fused-ring (bicyclic) bond motifs is 2. The maximum Gasteiger partial charge on any atom is 0.231 e. The van der Waals surface area contributed by atoms with Gasteiger partial charge in [0.2, 0.25) is 6.79 Å². The third-order valence-corrected chi connectivity index (χ3v) is 4.32. The topological polar surface area (TPSA) is 27.7 Å². The smallest absolute Gasteiger partial charge is 0.231 e. The lowest BCUT2D eigenvalue weighted by Crippen LogP contribution is -2.07. The summed E-state index contributed by atoms with van der Waals surface area (Å²) in [4.78, 5) is 0. The molecule has 0 saturated carbocycles. The van der Waals surface area contributed by atoms with Gasteiger partial charge in [-0.1, -0.05) is 31.2 Å². The quantitative estimate of drug-likeness (QED) is 0.804. The van der Waals surface area contributed by atoms with Crippen LogP contribution in [0.4, 0.5) is 0 Å². The van der Waals surface area contributed by atoms with Crippen LogP contribution in [-0.2, 0) is 0 Å². The molecule has 0 fully saturated rings. The maximum atomic E-state index is 6.18. The fourth-order valence-corrected chi connectivity index (χ4v) is 3.17. The van der Waals surface area contributed by atoms with E-state index in [-0.39, 0.29) is 6.10 Å². The number of ether oxygens (including phenoxy) is 3. The molecule has 2 aliphatic heterocycles. The van der Waals surface area contributed by atoms with Gasteiger partial charge >= 0.3 is 0 Å². The molecule has 3 nitrogen and oxygen atoms in total. The van der Waals surface area contributed by atoms with Crippen LogP contribution in [0.25, 0.3) is 6.08 Å². The molecule has 2 aromatic rings. The van der Waals surface area contributed by atoms with E-state index in [2.05, 4.69) is 43.3 Å². The Balaban J connectivity index is 1.68. The van der Waals surface area contributed by atoms with E-state index in [1.165, 1.54) is 11.1 Å². The van der Waals surface area contributed by atoms with E-state index in [1.807, 2.05) is 19.1 Å². The summed E-state index contributed by atoms with van der Waals surface area (Å²) in [7, 11) is 0. The summed E-state index contributed by atoms with van der Waals surface area (Å²) in [5, 5.41) is 0. The van der Waals surface area contributed by atoms with Crippen molar-refractivity contribution in [1.29, 1.82) is 0 Å². The summed E-state index contributed by atoms with van der Waals surface area (Å²) in [6.07, 6.45) is 4.18. The Bertz CT molecular complexity index is 748. The van der Waals surface area contributed by atoms with Crippen molar-refractivity contribution in [1.82, 2.24) is 0 Å². The van der Waals surface area contributed by atoms with E-state index in [1.54, 1.807) is 0 Å². The van der Waals surface area contributed by atoms with Gasteiger partial charge in [-0.15, -0.1) is 0 Å². The predicted octanol–water partition coefficient (Wildman–Crippen LogP) is 4.69. The van der Waals surface area contributed by atoms with Crippen molar-refractivity contribution < 1.29 is 14.2 Å². The van der Waals surface area contributed by atoms with Crippen LogP contribution in [0.2, 0.25) is 0 Å². The molecule has 0 bridgehead atoms. The molecule has 2 heterocycles. The molecule has 2 aliphatic rings. The predicted molar refractivity (Wildman–Crippen MR) is 85.5 cm³/mol. The van der Waals surface area contributed by atoms with Gasteiger partial charge in [0.25, 0.3) is 0 Å². The van der Waals surface area contributed by atoms with E-state index < -0.39 is 0 Å². The van der Waals surface area contributed by atoms with Crippen molar-refractivity contribution >= 4 is 6.08 Å². The second-order valence-corrected chi connectivity index (χ2v) is 5.74. The van der Waals surface area contributed by atoms with Gasteiger partial charge in [0.1, 0.15) is 11.9 Å². The molecule has 2 atom stereocenters. The lowest BCUT2D eigenvalue weighted by atomic mass is 9.92. The van der Waals surface area contributed by atoms with Crippen LogP contribution in [0.15, 0.2) is 42.5 Å². The Morgan fingerprint density at radius 1 is 1.00 bits per heavy atom. The molecular formula is C19H18O3. The highest BCUT2D eigenvalue weighted by Gasteiger charge is 2.33. The molecule has 0 unspecified atom stereocenters. The number of benzene rings is 2.